The molecule has 0 saturated carbocycles. The van der Waals surface area contributed by atoms with Crippen LogP contribution in [0.1, 0.15) is 11.1 Å². The molecule has 0 spiro atoms. The lowest BCUT2D eigenvalue weighted by Gasteiger charge is -2.14. The van der Waals surface area contributed by atoms with Crippen LogP contribution in [0.25, 0.3) is 54.7 Å². The van der Waals surface area contributed by atoms with Crippen LogP contribution in [0.15, 0.2) is 78.9 Å². The molecule has 0 bridgehead atoms. The second-order valence-corrected chi connectivity index (χ2v) is 8.20. The molecule has 0 fully saturated rings. The van der Waals surface area contributed by atoms with E-state index >= 15 is 0 Å². The summed E-state index contributed by atoms with van der Waals surface area (Å²) in [5.74, 6) is 0. The lowest BCUT2D eigenvalue weighted by Crippen LogP contribution is -1.96. The number of nitrogens with zero attached hydrogens (tertiary/aromatic N) is 2. The molecule has 0 radical (unpaired) electrons. The van der Waals surface area contributed by atoms with Gasteiger partial charge in [0.05, 0.1) is 16.7 Å². The molecule has 2 aromatic heterocycles. The van der Waals surface area contributed by atoms with E-state index < -0.39 is 0 Å². The first-order valence-electron chi connectivity index (χ1n) is 10.4. The predicted molar refractivity (Wildman–Crippen MR) is 128 cm³/mol. The summed E-state index contributed by atoms with van der Waals surface area (Å²) in [5.41, 5.74) is 8.33. The number of aryl methyl sites for hydroxylation is 3. The van der Waals surface area contributed by atoms with Crippen molar-refractivity contribution in [1.29, 1.82) is 0 Å². The molecule has 0 aliphatic rings. The third kappa shape index (κ3) is 2.22. The average Bonchev–Trinajstić information content (AvgIpc) is 3.07. The molecular formula is C28H22N2. The van der Waals surface area contributed by atoms with Gasteiger partial charge < -0.3 is 4.57 Å². The molecule has 6 aromatic rings. The molecule has 144 valence electrons. The summed E-state index contributed by atoms with van der Waals surface area (Å²) >= 11 is 0. The van der Waals surface area contributed by atoms with Crippen molar-refractivity contribution in [3.8, 4) is 11.3 Å². The third-order valence-electron chi connectivity index (χ3n) is 6.45. The lowest BCUT2D eigenvalue weighted by molar-refractivity contribution is 1.01. The first-order valence-corrected chi connectivity index (χ1v) is 10.4. The number of pyridine rings is 1. The fraction of sp³-hybridized carbons (Fsp3) is 0.107. The molecule has 2 heteroatoms. The van der Waals surface area contributed by atoms with Gasteiger partial charge in [-0.05, 0) is 47.9 Å². The van der Waals surface area contributed by atoms with Crippen LogP contribution in [0, 0.1) is 13.8 Å². The van der Waals surface area contributed by atoms with Gasteiger partial charge in [0.25, 0.3) is 0 Å². The number of aromatic nitrogens is 2. The molecule has 0 saturated heterocycles. The van der Waals surface area contributed by atoms with Crippen molar-refractivity contribution in [1.82, 2.24) is 9.55 Å². The van der Waals surface area contributed by atoms with Crippen molar-refractivity contribution in [3.05, 3.63) is 90.0 Å². The number of hydrogen-bond donors (Lipinski definition) is 0. The highest BCUT2D eigenvalue weighted by atomic mass is 15.0. The molecule has 0 N–H and O–H groups in total. The number of para-hydroxylation sites is 2. The Morgan fingerprint density at radius 3 is 2.20 bits per heavy atom. The van der Waals surface area contributed by atoms with E-state index in [-0.39, 0.29) is 0 Å². The maximum atomic E-state index is 5.22. The van der Waals surface area contributed by atoms with E-state index in [2.05, 4.69) is 104 Å². The summed E-state index contributed by atoms with van der Waals surface area (Å²) in [6, 6.07) is 28.2. The number of rotatable bonds is 1. The maximum absolute atomic E-state index is 5.22. The molecule has 0 aliphatic carbocycles. The van der Waals surface area contributed by atoms with E-state index in [4.69, 9.17) is 4.98 Å². The molecule has 0 unspecified atom stereocenters. The largest absolute Gasteiger partial charge is 0.342 e. The molecule has 2 nitrogen and oxygen atoms in total. The zero-order chi connectivity index (χ0) is 20.4. The van der Waals surface area contributed by atoms with E-state index in [0.29, 0.717) is 0 Å². The average molecular weight is 386 g/mol. The quantitative estimate of drug-likeness (QED) is 0.289. The zero-order valence-electron chi connectivity index (χ0n) is 17.4. The summed E-state index contributed by atoms with van der Waals surface area (Å²) in [5, 5.41) is 6.37. The lowest BCUT2D eigenvalue weighted by atomic mass is 9.94. The van der Waals surface area contributed by atoms with E-state index in [9.17, 15) is 0 Å². The van der Waals surface area contributed by atoms with Gasteiger partial charge in [-0.25, -0.2) is 4.98 Å². The van der Waals surface area contributed by atoms with E-state index in [0.717, 1.165) is 11.2 Å². The SMILES string of the molecule is Cc1cccc2c(-c3nc4ccccc4c4c5ccccc5n(C)c34)ccc(C)c12. The van der Waals surface area contributed by atoms with Gasteiger partial charge in [-0.1, -0.05) is 66.7 Å². The minimum Gasteiger partial charge on any atom is -0.342 e. The molecule has 4 aromatic carbocycles. The predicted octanol–water partition coefficient (Wildman–Crippen LogP) is 7.32. The molecular weight excluding hydrogens is 364 g/mol. The molecule has 6 rings (SSSR count). The zero-order valence-corrected chi connectivity index (χ0v) is 17.4. The Morgan fingerprint density at radius 1 is 0.633 bits per heavy atom. The molecule has 2 heterocycles. The number of benzene rings is 4. The summed E-state index contributed by atoms with van der Waals surface area (Å²) in [6.45, 7) is 4.39. The first-order chi connectivity index (χ1) is 14.6. The van der Waals surface area contributed by atoms with Crippen LogP contribution in [-0.2, 0) is 7.05 Å². The Kier molecular flexibility index (Phi) is 3.54. The molecule has 30 heavy (non-hydrogen) atoms. The van der Waals surface area contributed by atoms with Crippen LogP contribution in [0.2, 0.25) is 0 Å². The highest BCUT2D eigenvalue weighted by Crippen LogP contribution is 2.41. The first kappa shape index (κ1) is 17.2. The summed E-state index contributed by atoms with van der Waals surface area (Å²) in [4.78, 5) is 5.22. The topological polar surface area (TPSA) is 17.8 Å². The van der Waals surface area contributed by atoms with Gasteiger partial charge in [0, 0.05) is 34.3 Å². The summed E-state index contributed by atoms with van der Waals surface area (Å²) in [7, 11) is 2.16. The van der Waals surface area contributed by atoms with E-state index in [1.54, 1.807) is 0 Å². The van der Waals surface area contributed by atoms with Crippen molar-refractivity contribution in [2.24, 2.45) is 7.05 Å². The third-order valence-corrected chi connectivity index (χ3v) is 6.45. The van der Waals surface area contributed by atoms with Gasteiger partial charge in [0.2, 0.25) is 0 Å². The Balaban J connectivity index is 1.89. The van der Waals surface area contributed by atoms with Gasteiger partial charge >= 0.3 is 0 Å². The van der Waals surface area contributed by atoms with Gasteiger partial charge in [-0.15, -0.1) is 0 Å². The van der Waals surface area contributed by atoms with Crippen molar-refractivity contribution < 1.29 is 0 Å². The van der Waals surface area contributed by atoms with Crippen LogP contribution in [0.4, 0.5) is 0 Å². The molecule has 0 atom stereocenters. The van der Waals surface area contributed by atoms with Gasteiger partial charge in [0.1, 0.15) is 0 Å². The van der Waals surface area contributed by atoms with Crippen LogP contribution in [-0.4, -0.2) is 9.55 Å². The van der Waals surface area contributed by atoms with Crippen LogP contribution >= 0.6 is 0 Å². The summed E-state index contributed by atoms with van der Waals surface area (Å²) in [6.07, 6.45) is 0. The highest BCUT2D eigenvalue weighted by molar-refractivity contribution is 6.23. The standard InChI is InChI=1S/C28H22N2/c1-17-9-8-12-19-20(16-15-18(2)25(17)19)27-28-26(21-10-4-6-13-23(21)29-27)22-11-5-7-14-24(22)30(28)3/h4-16H,1-3H3. The van der Waals surface area contributed by atoms with Crippen molar-refractivity contribution in [2.45, 2.75) is 13.8 Å². The fourth-order valence-electron chi connectivity index (χ4n) is 5.09. The van der Waals surface area contributed by atoms with Crippen LogP contribution in [0.5, 0.6) is 0 Å². The van der Waals surface area contributed by atoms with Crippen molar-refractivity contribution in [2.75, 3.05) is 0 Å². The Hall–Kier alpha value is -3.65. The molecule has 0 aliphatic heterocycles. The number of fused-ring (bicyclic) bond motifs is 6. The maximum Gasteiger partial charge on any atom is 0.0959 e. The fourth-order valence-corrected chi connectivity index (χ4v) is 5.09. The van der Waals surface area contributed by atoms with Gasteiger partial charge in [0.15, 0.2) is 0 Å². The smallest absolute Gasteiger partial charge is 0.0959 e. The van der Waals surface area contributed by atoms with E-state index in [1.165, 1.54) is 54.7 Å². The summed E-state index contributed by atoms with van der Waals surface area (Å²) < 4.78 is 2.31. The number of hydrogen-bond acceptors (Lipinski definition) is 1. The van der Waals surface area contributed by atoms with Gasteiger partial charge in [-0.2, -0.15) is 0 Å². The van der Waals surface area contributed by atoms with Gasteiger partial charge in [-0.3, -0.25) is 0 Å². The Morgan fingerprint density at radius 2 is 1.33 bits per heavy atom. The van der Waals surface area contributed by atoms with Crippen molar-refractivity contribution in [3.63, 3.8) is 0 Å². The highest BCUT2D eigenvalue weighted by Gasteiger charge is 2.19. The minimum atomic E-state index is 1.04. The normalized spacial score (nSPS) is 11.8. The Labute approximate surface area is 175 Å². The van der Waals surface area contributed by atoms with E-state index in [1.807, 2.05) is 0 Å². The van der Waals surface area contributed by atoms with Crippen LogP contribution in [0.3, 0.4) is 0 Å². The second kappa shape index (κ2) is 6.17. The second-order valence-electron chi connectivity index (χ2n) is 8.20. The monoisotopic (exact) mass is 386 g/mol. The minimum absolute atomic E-state index is 1.04. The molecule has 0 amide bonds. The Bertz CT molecular complexity index is 1610. The van der Waals surface area contributed by atoms with Crippen molar-refractivity contribution >= 4 is 43.5 Å². The van der Waals surface area contributed by atoms with Crippen LogP contribution < -0.4 is 0 Å².